The zero-order valence-corrected chi connectivity index (χ0v) is 33.3. The van der Waals surface area contributed by atoms with Crippen LogP contribution in [0.2, 0.25) is 0 Å². The standard InChI is InChI=1S/C43H88N4O2/c1-3-5-7-9-11-13-15-17-19-21-23-25-27-29-31-40-48-42-45-35-33-37-47(38-34-44)39-36-46-43-49-41-32-30-28-26-24-22-20-18-16-14-12-10-8-6-4-2/h17-20,45-46H,3-16,21-44H2,1-2H3. The Kier molecular flexibility index (Phi) is 44.6. The summed E-state index contributed by atoms with van der Waals surface area (Å²) in [4.78, 5) is 2.45. The van der Waals surface area contributed by atoms with E-state index in [9.17, 15) is 0 Å². The quantitative estimate of drug-likeness (QED) is 0.0336. The molecule has 0 fully saturated rings. The topological polar surface area (TPSA) is 71.8 Å². The Balaban J connectivity index is 3.38. The van der Waals surface area contributed by atoms with Gasteiger partial charge in [-0.3, -0.25) is 10.6 Å². The first-order valence-electron chi connectivity index (χ1n) is 21.6. The minimum Gasteiger partial charge on any atom is -0.366 e. The second-order valence-corrected chi connectivity index (χ2v) is 14.3. The SMILES string of the molecule is CCCCCCCCC=CCCCCCCCOCNCCCN(CCN)CCNCOCCCCCCCC=CCCCCCCCC. The number of hydrogen-bond acceptors (Lipinski definition) is 6. The number of nitrogens with zero attached hydrogens (tertiary/aromatic N) is 1. The van der Waals surface area contributed by atoms with Crippen molar-refractivity contribution in [1.82, 2.24) is 15.5 Å². The van der Waals surface area contributed by atoms with E-state index in [-0.39, 0.29) is 0 Å². The normalized spacial score (nSPS) is 12.1. The predicted molar refractivity (Wildman–Crippen MR) is 217 cm³/mol. The molecule has 0 aromatic carbocycles. The van der Waals surface area contributed by atoms with Crippen LogP contribution in [0.25, 0.3) is 0 Å². The van der Waals surface area contributed by atoms with Gasteiger partial charge in [0.15, 0.2) is 0 Å². The summed E-state index contributed by atoms with van der Waals surface area (Å²) < 4.78 is 11.6. The zero-order valence-electron chi connectivity index (χ0n) is 33.3. The number of ether oxygens (including phenoxy) is 2. The maximum absolute atomic E-state index is 5.86. The van der Waals surface area contributed by atoms with E-state index in [1.165, 1.54) is 167 Å². The lowest BCUT2D eigenvalue weighted by atomic mass is 10.1. The molecule has 0 heterocycles. The van der Waals surface area contributed by atoms with E-state index >= 15 is 0 Å². The molecule has 0 saturated heterocycles. The molecular weight excluding hydrogens is 604 g/mol. The fourth-order valence-corrected chi connectivity index (χ4v) is 6.17. The van der Waals surface area contributed by atoms with Crippen molar-refractivity contribution in [3.63, 3.8) is 0 Å². The number of nitrogens with one attached hydrogen (secondary N) is 2. The fraction of sp³-hybridized carbons (Fsp3) is 0.907. The smallest absolute Gasteiger partial charge is 0.0965 e. The van der Waals surface area contributed by atoms with Gasteiger partial charge in [0.1, 0.15) is 0 Å². The molecule has 0 unspecified atom stereocenters. The molecule has 0 bridgehead atoms. The summed E-state index contributed by atoms with van der Waals surface area (Å²) in [6, 6.07) is 0. The molecule has 6 nitrogen and oxygen atoms in total. The highest BCUT2D eigenvalue weighted by Crippen LogP contribution is 2.11. The van der Waals surface area contributed by atoms with Crippen molar-refractivity contribution in [3.8, 4) is 0 Å². The van der Waals surface area contributed by atoms with Gasteiger partial charge in [-0.05, 0) is 83.7 Å². The number of unbranched alkanes of at least 4 members (excludes halogenated alkanes) is 22. The minimum absolute atomic E-state index is 0.648. The highest BCUT2D eigenvalue weighted by Gasteiger charge is 2.03. The summed E-state index contributed by atoms with van der Waals surface area (Å²) in [6.07, 6.45) is 45.4. The van der Waals surface area contributed by atoms with Crippen LogP contribution in [0.1, 0.15) is 187 Å². The Hall–Kier alpha value is -0.760. The van der Waals surface area contributed by atoms with Gasteiger partial charge < -0.3 is 20.1 Å². The highest BCUT2D eigenvalue weighted by molar-refractivity contribution is 4.82. The van der Waals surface area contributed by atoms with Gasteiger partial charge in [-0.25, -0.2) is 0 Å². The van der Waals surface area contributed by atoms with Gasteiger partial charge in [-0.15, -0.1) is 0 Å². The van der Waals surface area contributed by atoms with Crippen LogP contribution in [-0.4, -0.2) is 70.8 Å². The van der Waals surface area contributed by atoms with Crippen molar-refractivity contribution in [3.05, 3.63) is 24.3 Å². The van der Waals surface area contributed by atoms with Crippen LogP contribution in [-0.2, 0) is 9.47 Å². The first kappa shape index (κ1) is 48.2. The lowest BCUT2D eigenvalue weighted by molar-refractivity contribution is 0.108. The lowest BCUT2D eigenvalue weighted by Gasteiger charge is -2.21. The molecule has 6 heteroatoms. The van der Waals surface area contributed by atoms with Crippen LogP contribution in [0.3, 0.4) is 0 Å². The van der Waals surface area contributed by atoms with E-state index < -0.39 is 0 Å². The Morgan fingerprint density at radius 3 is 1.24 bits per heavy atom. The van der Waals surface area contributed by atoms with E-state index in [1.54, 1.807) is 0 Å². The van der Waals surface area contributed by atoms with Crippen molar-refractivity contribution in [2.24, 2.45) is 5.73 Å². The van der Waals surface area contributed by atoms with E-state index in [0.29, 0.717) is 20.0 Å². The van der Waals surface area contributed by atoms with Crippen LogP contribution < -0.4 is 16.4 Å². The monoisotopic (exact) mass is 693 g/mol. The molecule has 0 aliphatic heterocycles. The summed E-state index contributed by atoms with van der Waals surface area (Å²) in [5.41, 5.74) is 5.86. The minimum atomic E-state index is 0.648. The Morgan fingerprint density at radius 2 is 0.816 bits per heavy atom. The lowest BCUT2D eigenvalue weighted by Crippen LogP contribution is -2.37. The van der Waals surface area contributed by atoms with Crippen LogP contribution >= 0.6 is 0 Å². The molecule has 0 aromatic rings. The van der Waals surface area contributed by atoms with Gasteiger partial charge in [0.2, 0.25) is 0 Å². The molecule has 0 atom stereocenters. The largest absolute Gasteiger partial charge is 0.366 e. The summed E-state index contributed by atoms with van der Waals surface area (Å²) in [5.74, 6) is 0. The molecule has 0 aliphatic rings. The summed E-state index contributed by atoms with van der Waals surface area (Å²) >= 11 is 0. The van der Waals surface area contributed by atoms with Gasteiger partial charge in [0, 0.05) is 39.4 Å². The third-order valence-corrected chi connectivity index (χ3v) is 9.39. The van der Waals surface area contributed by atoms with E-state index in [0.717, 1.165) is 52.4 Å². The highest BCUT2D eigenvalue weighted by atomic mass is 16.5. The molecule has 292 valence electrons. The summed E-state index contributed by atoms with van der Waals surface area (Å²) in [6.45, 7) is 13.3. The number of rotatable bonds is 43. The Bertz CT molecular complexity index is 645. The third-order valence-electron chi connectivity index (χ3n) is 9.39. The Morgan fingerprint density at radius 1 is 0.429 bits per heavy atom. The maximum Gasteiger partial charge on any atom is 0.0965 e. The fourth-order valence-electron chi connectivity index (χ4n) is 6.17. The van der Waals surface area contributed by atoms with E-state index in [2.05, 4.69) is 53.7 Å². The number of hydrogen-bond donors (Lipinski definition) is 3. The molecular formula is C43H88N4O2. The molecule has 0 rings (SSSR count). The average Bonchev–Trinajstić information content (AvgIpc) is 3.11. The first-order valence-corrected chi connectivity index (χ1v) is 21.6. The first-order chi connectivity index (χ1) is 24.3. The van der Waals surface area contributed by atoms with Crippen molar-refractivity contribution < 1.29 is 9.47 Å². The van der Waals surface area contributed by atoms with Gasteiger partial charge in [0.25, 0.3) is 0 Å². The maximum atomic E-state index is 5.86. The van der Waals surface area contributed by atoms with Crippen molar-refractivity contribution >= 4 is 0 Å². The van der Waals surface area contributed by atoms with Crippen molar-refractivity contribution in [1.29, 1.82) is 0 Å². The summed E-state index contributed by atoms with van der Waals surface area (Å²) in [7, 11) is 0. The van der Waals surface area contributed by atoms with Crippen molar-refractivity contribution in [2.45, 2.75) is 187 Å². The average molecular weight is 693 g/mol. The van der Waals surface area contributed by atoms with Crippen LogP contribution in [0, 0.1) is 0 Å². The molecule has 0 aromatic heterocycles. The third kappa shape index (κ3) is 43.3. The predicted octanol–water partition coefficient (Wildman–Crippen LogP) is 11.1. The zero-order chi connectivity index (χ0) is 35.4. The second kappa shape index (κ2) is 45.3. The van der Waals surface area contributed by atoms with E-state index in [4.69, 9.17) is 15.2 Å². The van der Waals surface area contributed by atoms with Gasteiger partial charge in [-0.1, -0.05) is 141 Å². The summed E-state index contributed by atoms with van der Waals surface area (Å²) in [5, 5.41) is 6.88. The molecule has 0 amide bonds. The van der Waals surface area contributed by atoms with Crippen LogP contribution in [0.5, 0.6) is 0 Å². The van der Waals surface area contributed by atoms with Gasteiger partial charge in [0.05, 0.1) is 13.5 Å². The van der Waals surface area contributed by atoms with Crippen molar-refractivity contribution in [2.75, 3.05) is 65.9 Å². The second-order valence-electron chi connectivity index (χ2n) is 14.3. The number of allylic oxidation sites excluding steroid dienone is 4. The van der Waals surface area contributed by atoms with Gasteiger partial charge >= 0.3 is 0 Å². The molecule has 0 radical (unpaired) electrons. The van der Waals surface area contributed by atoms with Gasteiger partial charge in [-0.2, -0.15) is 0 Å². The van der Waals surface area contributed by atoms with Crippen LogP contribution in [0.15, 0.2) is 24.3 Å². The molecule has 0 aliphatic carbocycles. The number of nitrogens with two attached hydrogens (primary N) is 1. The Labute approximate surface area is 307 Å². The van der Waals surface area contributed by atoms with Crippen LogP contribution in [0.4, 0.5) is 0 Å². The molecule has 49 heavy (non-hydrogen) atoms. The molecule has 0 saturated carbocycles. The molecule has 4 N–H and O–H groups in total. The van der Waals surface area contributed by atoms with E-state index in [1.807, 2.05) is 0 Å². The molecule has 0 spiro atoms.